The van der Waals surface area contributed by atoms with E-state index >= 15 is 0 Å². The highest BCUT2D eigenvalue weighted by molar-refractivity contribution is 5.79. The van der Waals surface area contributed by atoms with E-state index < -0.39 is 0 Å². The molecule has 1 amide bonds. The first-order valence-corrected chi connectivity index (χ1v) is 5.62. The first-order valence-electron chi connectivity index (χ1n) is 5.62. The third kappa shape index (κ3) is 1.78. The van der Waals surface area contributed by atoms with Crippen molar-refractivity contribution in [2.75, 3.05) is 20.1 Å². The summed E-state index contributed by atoms with van der Waals surface area (Å²) in [6.07, 6.45) is 5.82. The number of hydrogen-bond donors (Lipinski definition) is 1. The Balaban J connectivity index is 1.82. The van der Waals surface area contributed by atoms with Gasteiger partial charge in [-0.25, -0.2) is 0 Å². The molecular formula is C11H20N2O. The predicted molar refractivity (Wildman–Crippen MR) is 55.7 cm³/mol. The van der Waals surface area contributed by atoms with Crippen molar-refractivity contribution < 1.29 is 4.79 Å². The lowest BCUT2D eigenvalue weighted by Gasteiger charge is -2.31. The average molecular weight is 196 g/mol. The lowest BCUT2D eigenvalue weighted by molar-refractivity contribution is -0.137. The molecule has 2 fully saturated rings. The smallest absolute Gasteiger partial charge is 0.225 e. The van der Waals surface area contributed by atoms with E-state index in [0.717, 1.165) is 25.9 Å². The Labute approximate surface area is 85.6 Å². The van der Waals surface area contributed by atoms with Crippen LogP contribution in [0.2, 0.25) is 0 Å². The van der Waals surface area contributed by atoms with Crippen LogP contribution in [-0.4, -0.2) is 30.9 Å². The van der Waals surface area contributed by atoms with Crippen molar-refractivity contribution in [3.63, 3.8) is 0 Å². The number of rotatable bonds is 4. The molecule has 0 heterocycles. The quantitative estimate of drug-likeness (QED) is 0.728. The second kappa shape index (κ2) is 3.54. The molecule has 3 heteroatoms. The third-order valence-corrected chi connectivity index (χ3v) is 3.79. The Hall–Kier alpha value is -0.570. The largest absolute Gasteiger partial charge is 0.345 e. The molecule has 3 nitrogen and oxygen atoms in total. The molecule has 80 valence electrons. The fourth-order valence-electron chi connectivity index (χ4n) is 2.15. The number of amides is 1. The normalized spacial score (nSPS) is 24.1. The third-order valence-electron chi connectivity index (χ3n) is 3.79. The SMILES string of the molecule is CN(CC1(CN)CC1)C(=O)C1CCC1. The fourth-order valence-corrected chi connectivity index (χ4v) is 2.15. The highest BCUT2D eigenvalue weighted by atomic mass is 16.2. The number of carbonyl (C=O) groups is 1. The fraction of sp³-hybridized carbons (Fsp3) is 0.909. The van der Waals surface area contributed by atoms with Crippen LogP contribution in [0.25, 0.3) is 0 Å². The van der Waals surface area contributed by atoms with Crippen molar-refractivity contribution in [3.05, 3.63) is 0 Å². The van der Waals surface area contributed by atoms with Crippen LogP contribution in [0.5, 0.6) is 0 Å². The zero-order chi connectivity index (χ0) is 10.2. The zero-order valence-corrected chi connectivity index (χ0v) is 8.96. The summed E-state index contributed by atoms with van der Waals surface area (Å²) in [4.78, 5) is 13.7. The van der Waals surface area contributed by atoms with Gasteiger partial charge < -0.3 is 10.6 Å². The minimum atomic E-state index is 0.286. The van der Waals surface area contributed by atoms with Gasteiger partial charge in [0.15, 0.2) is 0 Å². The second-order valence-electron chi connectivity index (χ2n) is 5.03. The maximum atomic E-state index is 11.8. The Morgan fingerprint density at radius 1 is 1.50 bits per heavy atom. The van der Waals surface area contributed by atoms with Gasteiger partial charge in [-0.15, -0.1) is 0 Å². The van der Waals surface area contributed by atoms with E-state index in [9.17, 15) is 4.79 Å². The van der Waals surface area contributed by atoms with E-state index in [1.54, 1.807) is 0 Å². The van der Waals surface area contributed by atoms with Gasteiger partial charge in [-0.1, -0.05) is 6.42 Å². The lowest BCUT2D eigenvalue weighted by Crippen LogP contribution is -2.41. The van der Waals surface area contributed by atoms with Gasteiger partial charge >= 0.3 is 0 Å². The minimum Gasteiger partial charge on any atom is -0.345 e. The summed E-state index contributed by atoms with van der Waals surface area (Å²) in [5.41, 5.74) is 5.99. The van der Waals surface area contributed by atoms with Gasteiger partial charge in [-0.05, 0) is 32.2 Å². The van der Waals surface area contributed by atoms with Gasteiger partial charge in [0.05, 0.1) is 0 Å². The second-order valence-corrected chi connectivity index (χ2v) is 5.03. The number of carbonyl (C=O) groups excluding carboxylic acids is 1. The van der Waals surface area contributed by atoms with Crippen LogP contribution in [0.4, 0.5) is 0 Å². The molecule has 0 spiro atoms. The first-order chi connectivity index (χ1) is 6.67. The molecule has 0 aromatic carbocycles. The van der Waals surface area contributed by atoms with Crippen LogP contribution in [0.15, 0.2) is 0 Å². The summed E-state index contributed by atoms with van der Waals surface area (Å²) in [6.45, 7) is 1.61. The Kier molecular flexibility index (Phi) is 2.52. The van der Waals surface area contributed by atoms with Gasteiger partial charge in [-0.2, -0.15) is 0 Å². The molecule has 0 aromatic rings. The number of nitrogens with two attached hydrogens (primary N) is 1. The van der Waals surface area contributed by atoms with Gasteiger partial charge in [0, 0.05) is 24.9 Å². The maximum absolute atomic E-state index is 11.8. The summed E-state index contributed by atoms with van der Waals surface area (Å²) in [5.74, 6) is 0.671. The molecule has 2 rings (SSSR count). The Bertz CT molecular complexity index is 231. The topological polar surface area (TPSA) is 46.3 Å². The molecule has 0 radical (unpaired) electrons. The monoisotopic (exact) mass is 196 g/mol. The van der Waals surface area contributed by atoms with Gasteiger partial charge in [0.1, 0.15) is 0 Å². The molecule has 0 aliphatic heterocycles. The van der Waals surface area contributed by atoms with Gasteiger partial charge in [-0.3, -0.25) is 4.79 Å². The maximum Gasteiger partial charge on any atom is 0.225 e. The number of nitrogens with zero attached hydrogens (tertiary/aromatic N) is 1. The highest BCUT2D eigenvalue weighted by Crippen LogP contribution is 2.45. The van der Waals surface area contributed by atoms with Crippen molar-refractivity contribution in [2.24, 2.45) is 17.1 Å². The predicted octanol–water partition coefficient (Wildman–Crippen LogP) is 0.984. The molecule has 2 aliphatic rings. The van der Waals surface area contributed by atoms with Gasteiger partial charge in [0.25, 0.3) is 0 Å². The van der Waals surface area contributed by atoms with Gasteiger partial charge in [0.2, 0.25) is 5.91 Å². The molecule has 0 aromatic heterocycles. The van der Waals surface area contributed by atoms with Crippen molar-refractivity contribution in [2.45, 2.75) is 32.1 Å². The summed E-state index contributed by atoms with van der Waals surface area (Å²) >= 11 is 0. The summed E-state index contributed by atoms with van der Waals surface area (Å²) in [5, 5.41) is 0. The molecule has 0 bridgehead atoms. The minimum absolute atomic E-state index is 0.286. The van der Waals surface area contributed by atoms with E-state index in [4.69, 9.17) is 5.73 Å². The van der Waals surface area contributed by atoms with E-state index in [2.05, 4.69) is 0 Å². The summed E-state index contributed by atoms with van der Waals surface area (Å²) in [7, 11) is 1.93. The summed E-state index contributed by atoms with van der Waals surface area (Å²) in [6, 6.07) is 0. The molecule has 2 saturated carbocycles. The van der Waals surface area contributed by atoms with E-state index in [1.165, 1.54) is 19.3 Å². The zero-order valence-electron chi connectivity index (χ0n) is 8.96. The molecule has 2 aliphatic carbocycles. The van der Waals surface area contributed by atoms with Crippen LogP contribution in [-0.2, 0) is 4.79 Å². The highest BCUT2D eigenvalue weighted by Gasteiger charge is 2.43. The lowest BCUT2D eigenvalue weighted by atomic mass is 9.84. The van der Waals surface area contributed by atoms with E-state index in [0.29, 0.717) is 11.8 Å². The van der Waals surface area contributed by atoms with Crippen molar-refractivity contribution in [1.29, 1.82) is 0 Å². The molecule has 0 unspecified atom stereocenters. The number of hydrogen-bond acceptors (Lipinski definition) is 2. The van der Waals surface area contributed by atoms with Crippen LogP contribution in [0.1, 0.15) is 32.1 Å². The first kappa shape index (κ1) is 9.97. The van der Waals surface area contributed by atoms with E-state index in [1.807, 2.05) is 11.9 Å². The van der Waals surface area contributed by atoms with Crippen LogP contribution in [0, 0.1) is 11.3 Å². The van der Waals surface area contributed by atoms with Crippen LogP contribution in [0.3, 0.4) is 0 Å². The Morgan fingerprint density at radius 2 is 2.14 bits per heavy atom. The van der Waals surface area contributed by atoms with E-state index in [-0.39, 0.29) is 5.41 Å². The van der Waals surface area contributed by atoms with Crippen molar-refractivity contribution >= 4 is 5.91 Å². The molecule has 14 heavy (non-hydrogen) atoms. The van der Waals surface area contributed by atoms with Crippen molar-refractivity contribution in [1.82, 2.24) is 4.90 Å². The molecule has 0 atom stereocenters. The summed E-state index contributed by atoms with van der Waals surface area (Å²) < 4.78 is 0. The molecule has 2 N–H and O–H groups in total. The molecular weight excluding hydrogens is 176 g/mol. The Morgan fingerprint density at radius 3 is 2.50 bits per heavy atom. The molecule has 0 saturated heterocycles. The van der Waals surface area contributed by atoms with Crippen LogP contribution >= 0.6 is 0 Å². The standard InChI is InChI=1S/C11H20N2O/c1-13(8-11(7-12)5-6-11)10(14)9-3-2-4-9/h9H,2-8,12H2,1H3. The van der Waals surface area contributed by atoms with Crippen LogP contribution < -0.4 is 5.73 Å². The average Bonchev–Trinajstić information content (AvgIpc) is 2.82. The van der Waals surface area contributed by atoms with Crippen molar-refractivity contribution in [3.8, 4) is 0 Å².